The van der Waals surface area contributed by atoms with Crippen molar-refractivity contribution in [3.05, 3.63) is 107 Å². The molecule has 1 saturated heterocycles. The highest BCUT2D eigenvalue weighted by atomic mass is 32.2. The number of hydrogen-bond donors (Lipinski definition) is 3. The average Bonchev–Trinajstić information content (AvgIpc) is 3.56. The first-order chi connectivity index (χ1) is 25.9. The van der Waals surface area contributed by atoms with E-state index in [1.807, 2.05) is 68.4 Å². The van der Waals surface area contributed by atoms with Gasteiger partial charge in [-0.25, -0.2) is 26.8 Å². The third kappa shape index (κ3) is 13.7. The largest absolute Gasteiger partial charge is 0.458 e. The van der Waals surface area contributed by atoms with Gasteiger partial charge in [0, 0.05) is 44.8 Å². The van der Waals surface area contributed by atoms with Crippen molar-refractivity contribution in [2.75, 3.05) is 25.4 Å². The molecule has 13 heteroatoms. The second kappa shape index (κ2) is 21.3. The molecule has 4 rings (SSSR count). The van der Waals surface area contributed by atoms with E-state index in [9.17, 15) is 26.8 Å². The molecule has 1 amide bonds. The van der Waals surface area contributed by atoms with Gasteiger partial charge in [-0.15, -0.1) is 0 Å². The third-order valence-corrected chi connectivity index (χ3v) is 12.0. The highest BCUT2D eigenvalue weighted by Crippen LogP contribution is 2.20. The Bertz CT molecular complexity index is 1720. The van der Waals surface area contributed by atoms with E-state index < -0.39 is 68.8 Å². The molecular weight excluding hydrogens is 715 g/mol. The third-order valence-electron chi connectivity index (χ3n) is 9.67. The Labute approximate surface area is 319 Å². The van der Waals surface area contributed by atoms with Gasteiger partial charge in [0.15, 0.2) is 9.84 Å². The van der Waals surface area contributed by atoms with Crippen LogP contribution in [0, 0.1) is 11.6 Å². The van der Waals surface area contributed by atoms with Gasteiger partial charge in [-0.1, -0.05) is 88.2 Å². The van der Waals surface area contributed by atoms with Gasteiger partial charge < -0.3 is 25.8 Å². The SMILES string of the molecule is CCCC(CCC)S(=O)(=O)C[C@H](NC(=O)O[C@@H]1CCN(Cc2ccccc2)C1)C(=O)O[C@H](CNCc1cccc(CC)c1)[C@@H](N)Cc1cc(F)cc(F)c1. The summed E-state index contributed by atoms with van der Waals surface area (Å²) in [6.45, 7) is 8.16. The molecule has 3 aromatic carbocycles. The van der Waals surface area contributed by atoms with Crippen LogP contribution in [0.25, 0.3) is 0 Å². The Hall–Kier alpha value is -3.91. The number of halogens is 2. The predicted molar refractivity (Wildman–Crippen MR) is 206 cm³/mol. The van der Waals surface area contributed by atoms with Crippen molar-refractivity contribution >= 4 is 21.9 Å². The van der Waals surface area contributed by atoms with E-state index in [-0.39, 0.29) is 18.5 Å². The molecule has 4 N–H and O–H groups in total. The fourth-order valence-corrected chi connectivity index (χ4v) is 9.00. The van der Waals surface area contributed by atoms with Gasteiger partial charge in [-0.3, -0.25) is 4.90 Å². The molecule has 4 atom stereocenters. The predicted octanol–water partition coefficient (Wildman–Crippen LogP) is 5.85. The summed E-state index contributed by atoms with van der Waals surface area (Å²) in [5.74, 6) is -3.23. The number of sulfone groups is 1. The monoisotopic (exact) mass is 770 g/mol. The summed E-state index contributed by atoms with van der Waals surface area (Å²) >= 11 is 0. The van der Waals surface area contributed by atoms with Crippen molar-refractivity contribution in [2.45, 2.75) is 108 Å². The molecule has 0 radical (unpaired) electrons. The average molecular weight is 771 g/mol. The maximum atomic E-state index is 14.1. The van der Waals surface area contributed by atoms with Crippen molar-refractivity contribution in [1.82, 2.24) is 15.5 Å². The van der Waals surface area contributed by atoms with Gasteiger partial charge in [0.05, 0.1) is 11.0 Å². The van der Waals surface area contributed by atoms with Crippen LogP contribution < -0.4 is 16.4 Å². The molecule has 1 fully saturated rings. The molecule has 0 aromatic heterocycles. The maximum absolute atomic E-state index is 14.1. The van der Waals surface area contributed by atoms with E-state index in [2.05, 4.69) is 22.5 Å². The number of carbonyl (C=O) groups excluding carboxylic acids is 2. The van der Waals surface area contributed by atoms with Gasteiger partial charge in [0.2, 0.25) is 0 Å². The lowest BCUT2D eigenvalue weighted by Crippen LogP contribution is -2.52. The van der Waals surface area contributed by atoms with E-state index in [4.69, 9.17) is 15.2 Å². The van der Waals surface area contributed by atoms with E-state index in [1.54, 1.807) is 0 Å². The molecule has 296 valence electrons. The quantitative estimate of drug-likeness (QED) is 0.114. The van der Waals surface area contributed by atoms with Gasteiger partial charge >= 0.3 is 12.1 Å². The summed E-state index contributed by atoms with van der Waals surface area (Å²) in [6.07, 6.45) is 0.994. The number of amides is 1. The van der Waals surface area contributed by atoms with Crippen molar-refractivity contribution < 1.29 is 36.3 Å². The summed E-state index contributed by atoms with van der Waals surface area (Å²) in [5, 5.41) is 5.06. The fraction of sp³-hybridized carbons (Fsp3) is 0.512. The highest BCUT2D eigenvalue weighted by Gasteiger charge is 2.36. The summed E-state index contributed by atoms with van der Waals surface area (Å²) < 4.78 is 67.3. The van der Waals surface area contributed by atoms with Crippen LogP contribution in [0.3, 0.4) is 0 Å². The summed E-state index contributed by atoms with van der Waals surface area (Å²) in [5.41, 5.74) is 10.1. The highest BCUT2D eigenvalue weighted by molar-refractivity contribution is 7.92. The molecule has 0 aliphatic carbocycles. The Morgan fingerprint density at radius 3 is 2.24 bits per heavy atom. The minimum atomic E-state index is -3.89. The second-order valence-corrected chi connectivity index (χ2v) is 16.5. The zero-order chi connectivity index (χ0) is 39.1. The van der Waals surface area contributed by atoms with Crippen molar-refractivity contribution in [3.8, 4) is 0 Å². The standard InChI is InChI=1S/C41H56F2N4O6S/c1-4-11-36(12-5-2)54(50,51)28-38(46-41(49)52-35-17-18-47(27-35)26-30-13-8-7-9-14-30)40(48)53-39(25-45-24-31-16-10-15-29(6-3)19-31)37(44)22-32-20-33(42)23-34(43)21-32/h7-10,13-16,19-21,23,35-39,45H,4-6,11-12,17-18,22,24-28,44H2,1-3H3,(H,46,49)/t35-,37+,38+,39-/m1/s1. The number of alkyl carbamates (subject to hydrolysis) is 1. The topological polar surface area (TPSA) is 140 Å². The second-order valence-electron chi connectivity index (χ2n) is 14.2. The minimum Gasteiger partial charge on any atom is -0.458 e. The summed E-state index contributed by atoms with van der Waals surface area (Å²) in [4.78, 5) is 29.5. The molecule has 1 aliphatic rings. The van der Waals surface area contributed by atoms with Crippen molar-refractivity contribution in [2.24, 2.45) is 5.73 Å². The molecule has 0 unspecified atom stereocenters. The Morgan fingerprint density at radius 2 is 1.57 bits per heavy atom. The number of aryl methyl sites for hydroxylation is 1. The zero-order valence-corrected chi connectivity index (χ0v) is 32.5. The van der Waals surface area contributed by atoms with Gasteiger partial charge in [-0.05, 0) is 66.5 Å². The molecular formula is C41H56F2N4O6S. The van der Waals surface area contributed by atoms with Gasteiger partial charge in [-0.2, -0.15) is 0 Å². The molecule has 54 heavy (non-hydrogen) atoms. The maximum Gasteiger partial charge on any atom is 0.408 e. The molecule has 1 heterocycles. The van der Waals surface area contributed by atoms with Crippen LogP contribution in [0.5, 0.6) is 0 Å². The molecule has 3 aromatic rings. The first-order valence-electron chi connectivity index (χ1n) is 19.0. The van der Waals surface area contributed by atoms with E-state index >= 15 is 0 Å². The first-order valence-corrected chi connectivity index (χ1v) is 20.7. The zero-order valence-electron chi connectivity index (χ0n) is 31.6. The number of hydrogen-bond acceptors (Lipinski definition) is 9. The molecule has 10 nitrogen and oxygen atoms in total. The number of rotatable bonds is 21. The molecule has 1 aliphatic heterocycles. The fourth-order valence-electron chi connectivity index (χ4n) is 6.85. The number of benzene rings is 3. The lowest BCUT2D eigenvalue weighted by atomic mass is 10.0. The molecule has 0 saturated carbocycles. The van der Waals surface area contributed by atoms with E-state index in [1.165, 1.54) is 0 Å². The smallest absolute Gasteiger partial charge is 0.408 e. The Morgan fingerprint density at radius 1 is 0.907 bits per heavy atom. The van der Waals surface area contributed by atoms with Crippen LogP contribution in [0.15, 0.2) is 72.8 Å². The van der Waals surface area contributed by atoms with Crippen LogP contribution in [-0.2, 0) is 50.0 Å². The van der Waals surface area contributed by atoms with Crippen LogP contribution in [0.1, 0.15) is 75.1 Å². The van der Waals surface area contributed by atoms with Crippen LogP contribution in [0.4, 0.5) is 13.6 Å². The number of nitrogens with zero attached hydrogens (tertiary/aromatic N) is 1. The number of ether oxygens (including phenoxy) is 2. The van der Waals surface area contributed by atoms with Gasteiger partial charge in [0.1, 0.15) is 29.9 Å². The van der Waals surface area contributed by atoms with Crippen molar-refractivity contribution in [3.63, 3.8) is 0 Å². The van der Waals surface area contributed by atoms with E-state index in [0.717, 1.165) is 41.3 Å². The van der Waals surface area contributed by atoms with Gasteiger partial charge in [0.25, 0.3) is 0 Å². The lowest BCUT2D eigenvalue weighted by molar-refractivity contribution is -0.151. The number of nitrogens with one attached hydrogen (secondary N) is 2. The van der Waals surface area contributed by atoms with E-state index in [0.29, 0.717) is 58.3 Å². The Kier molecular flexibility index (Phi) is 16.9. The molecule has 0 spiro atoms. The lowest BCUT2D eigenvalue weighted by Gasteiger charge is -2.28. The number of carbonyl (C=O) groups is 2. The Balaban J connectivity index is 1.52. The minimum absolute atomic E-state index is 0.0403. The summed E-state index contributed by atoms with van der Waals surface area (Å²) in [7, 11) is -3.89. The van der Waals surface area contributed by atoms with Crippen LogP contribution >= 0.6 is 0 Å². The van der Waals surface area contributed by atoms with Crippen LogP contribution in [0.2, 0.25) is 0 Å². The first kappa shape index (κ1) is 42.8. The van der Waals surface area contributed by atoms with Crippen LogP contribution in [-0.4, -0.2) is 80.3 Å². The van der Waals surface area contributed by atoms with Crippen molar-refractivity contribution in [1.29, 1.82) is 0 Å². The number of nitrogens with two attached hydrogens (primary N) is 1. The normalized spacial score (nSPS) is 16.5. The summed E-state index contributed by atoms with van der Waals surface area (Å²) in [6, 6.07) is 18.4. The number of likely N-dealkylation sites (tertiary alicyclic amines) is 1. The molecule has 0 bridgehead atoms. The number of esters is 1.